The van der Waals surface area contributed by atoms with E-state index in [0.29, 0.717) is 17.8 Å². The maximum absolute atomic E-state index is 14.9. The number of likely N-dealkylation sites (tertiary alicyclic amines) is 2. The molecule has 0 saturated carbocycles. The highest BCUT2D eigenvalue weighted by molar-refractivity contribution is 6.18. The molecule has 2 aliphatic rings. The molecule has 40 heavy (non-hydrogen) atoms. The summed E-state index contributed by atoms with van der Waals surface area (Å²) in [5.41, 5.74) is -1.78. The number of methoxy groups -OCH3 is 2. The van der Waals surface area contributed by atoms with Gasteiger partial charge < -0.3 is 9.47 Å². The van der Waals surface area contributed by atoms with E-state index in [1.165, 1.54) is 14.2 Å². The van der Waals surface area contributed by atoms with Crippen molar-refractivity contribution in [1.82, 2.24) is 14.8 Å². The Hall–Kier alpha value is -3.88. The Bertz CT molecular complexity index is 1260. The fourth-order valence-electron chi connectivity index (χ4n) is 6.18. The number of esters is 2. The van der Waals surface area contributed by atoms with Gasteiger partial charge in [-0.3, -0.25) is 29.2 Å². The van der Waals surface area contributed by atoms with Gasteiger partial charge in [0.2, 0.25) is 0 Å². The zero-order valence-corrected chi connectivity index (χ0v) is 24.0. The number of hydrogen-bond donors (Lipinski definition) is 0. The van der Waals surface area contributed by atoms with Crippen LogP contribution in [0.4, 0.5) is 0 Å². The summed E-state index contributed by atoms with van der Waals surface area (Å²) in [7, 11) is 4.29. The number of pyridine rings is 1. The third kappa shape index (κ3) is 5.29. The second-order valence-corrected chi connectivity index (χ2v) is 10.1. The van der Waals surface area contributed by atoms with E-state index < -0.39 is 40.6 Å². The minimum absolute atomic E-state index is 0.00686. The molecule has 3 rings (SSSR count). The summed E-state index contributed by atoms with van der Waals surface area (Å²) in [5, 5.41) is 0. The molecule has 2 aliphatic heterocycles. The number of hydrogen-bond acceptors (Lipinski definition) is 8. The zero-order chi connectivity index (χ0) is 29.5. The largest absolute Gasteiger partial charge is 0.468 e. The number of allylic oxidation sites excluding steroid dienone is 6. The molecule has 4 atom stereocenters. The normalized spacial score (nSPS) is 27.6. The Balaban J connectivity index is 2.34. The number of carbonyl (C=O) groups excluding carboxylic acids is 3. The predicted octanol–water partition coefficient (Wildman–Crippen LogP) is 4.02. The highest BCUT2D eigenvalue weighted by Gasteiger charge is 2.75. The molecule has 1 aromatic heterocycles. The Labute approximate surface area is 237 Å². The quantitative estimate of drug-likeness (QED) is 0.248. The van der Waals surface area contributed by atoms with Crippen LogP contribution in [0.1, 0.15) is 25.6 Å². The summed E-state index contributed by atoms with van der Waals surface area (Å²) in [4.78, 5) is 50.9. The van der Waals surface area contributed by atoms with Crippen molar-refractivity contribution in [3.05, 3.63) is 103 Å². The van der Waals surface area contributed by atoms with Gasteiger partial charge in [-0.1, -0.05) is 67.8 Å². The first-order valence-corrected chi connectivity index (χ1v) is 13.2. The molecule has 0 N–H and O–H groups in total. The number of Topliss-reactive ketones (excluding diaryl/α,β-unsaturated/α-hetero) is 1. The van der Waals surface area contributed by atoms with E-state index >= 15 is 0 Å². The highest BCUT2D eigenvalue weighted by atomic mass is 16.5. The molecule has 2 fully saturated rings. The predicted molar refractivity (Wildman–Crippen MR) is 155 cm³/mol. The molecule has 212 valence electrons. The van der Waals surface area contributed by atoms with Crippen molar-refractivity contribution in [1.29, 1.82) is 0 Å². The Morgan fingerprint density at radius 2 is 1.60 bits per heavy atom. The molecule has 0 aromatic carbocycles. The van der Waals surface area contributed by atoms with Gasteiger partial charge >= 0.3 is 11.9 Å². The first-order chi connectivity index (χ1) is 19.1. The molecular weight excluding hydrogens is 506 g/mol. The van der Waals surface area contributed by atoms with Crippen LogP contribution < -0.4 is 0 Å². The molecule has 1 aromatic rings. The van der Waals surface area contributed by atoms with Gasteiger partial charge in [0.1, 0.15) is 0 Å². The number of nitrogens with zero attached hydrogens (tertiary/aromatic N) is 3. The number of piperidine rings is 2. The van der Waals surface area contributed by atoms with Crippen molar-refractivity contribution in [2.24, 2.45) is 10.8 Å². The molecular formula is C32H39N3O5. The second kappa shape index (κ2) is 13.0. The van der Waals surface area contributed by atoms with Gasteiger partial charge in [-0.15, -0.1) is 0 Å². The first kappa shape index (κ1) is 30.7. The van der Waals surface area contributed by atoms with Crippen molar-refractivity contribution in [2.75, 3.05) is 40.9 Å². The van der Waals surface area contributed by atoms with E-state index in [1.807, 2.05) is 60.1 Å². The number of rotatable bonds is 10. The Morgan fingerprint density at radius 3 is 2.17 bits per heavy atom. The van der Waals surface area contributed by atoms with E-state index in [-0.39, 0.29) is 13.1 Å². The van der Waals surface area contributed by atoms with Gasteiger partial charge in [0.15, 0.2) is 16.6 Å². The Morgan fingerprint density at radius 1 is 1.00 bits per heavy atom. The van der Waals surface area contributed by atoms with E-state index in [2.05, 4.69) is 18.1 Å². The van der Waals surface area contributed by atoms with Crippen molar-refractivity contribution < 1.29 is 23.9 Å². The summed E-state index contributed by atoms with van der Waals surface area (Å²) < 4.78 is 10.6. The van der Waals surface area contributed by atoms with E-state index in [4.69, 9.17) is 9.47 Å². The van der Waals surface area contributed by atoms with Crippen LogP contribution in [0.2, 0.25) is 0 Å². The summed E-state index contributed by atoms with van der Waals surface area (Å²) >= 11 is 0. The lowest BCUT2D eigenvalue weighted by Gasteiger charge is -2.61. The average Bonchev–Trinajstić information content (AvgIpc) is 2.94. The Kier molecular flexibility index (Phi) is 9.95. The maximum Gasteiger partial charge on any atom is 0.322 e. The summed E-state index contributed by atoms with van der Waals surface area (Å²) in [6, 6.07) is 3.66. The molecule has 0 radical (unpaired) electrons. The zero-order valence-electron chi connectivity index (χ0n) is 24.0. The molecule has 4 unspecified atom stereocenters. The van der Waals surface area contributed by atoms with Crippen LogP contribution in [-0.2, 0) is 23.9 Å². The van der Waals surface area contributed by atoms with Crippen LogP contribution in [0.5, 0.6) is 0 Å². The van der Waals surface area contributed by atoms with Crippen LogP contribution in [-0.4, -0.2) is 79.4 Å². The van der Waals surface area contributed by atoms with Gasteiger partial charge in [-0.05, 0) is 44.2 Å². The van der Waals surface area contributed by atoms with Gasteiger partial charge in [-0.2, -0.15) is 0 Å². The first-order valence-electron chi connectivity index (χ1n) is 13.2. The molecule has 8 heteroatoms. The number of aromatic nitrogens is 1. The monoisotopic (exact) mass is 545 g/mol. The number of carbonyl (C=O) groups is 3. The lowest BCUT2D eigenvalue weighted by molar-refractivity contribution is -0.199. The van der Waals surface area contributed by atoms with Crippen molar-refractivity contribution >= 4 is 17.7 Å². The second-order valence-electron chi connectivity index (χ2n) is 10.1. The summed E-state index contributed by atoms with van der Waals surface area (Å²) in [6.07, 6.45) is 16.4. The van der Waals surface area contributed by atoms with Crippen LogP contribution in [0.15, 0.2) is 97.3 Å². The number of likely N-dealkylation sites (N-methyl/N-ethyl adjacent to an activating group) is 1. The smallest absolute Gasteiger partial charge is 0.322 e. The fraction of sp³-hybridized carbons (Fsp3) is 0.375. The topological polar surface area (TPSA) is 89.0 Å². The summed E-state index contributed by atoms with van der Waals surface area (Å²) in [5.74, 6) is -2.02. The number of ether oxygens (including phenoxy) is 2. The van der Waals surface area contributed by atoms with Crippen molar-refractivity contribution in [2.45, 2.75) is 25.9 Å². The molecule has 0 amide bonds. The lowest BCUT2D eigenvalue weighted by Crippen LogP contribution is -2.78. The molecule has 0 aliphatic carbocycles. The summed E-state index contributed by atoms with van der Waals surface area (Å²) in [6.45, 7) is 12.6. The van der Waals surface area contributed by atoms with Crippen molar-refractivity contribution in [3.63, 3.8) is 0 Å². The molecule has 2 bridgehead atoms. The number of ketones is 1. The van der Waals surface area contributed by atoms with Gasteiger partial charge in [-0.25, -0.2) is 0 Å². The molecule has 0 spiro atoms. The SMILES string of the molecule is C=C(/C=C\C=C/C)CN1CC2(C(=O)OC)C(=O)C(C(=O)OC)(C1)C(c1ccccn1)N(C)C2C(=C)/C=C\C=C/C. The van der Waals surface area contributed by atoms with Crippen LogP contribution in [0.3, 0.4) is 0 Å². The van der Waals surface area contributed by atoms with Crippen LogP contribution in [0, 0.1) is 10.8 Å². The minimum atomic E-state index is -1.78. The van der Waals surface area contributed by atoms with Gasteiger partial charge in [0, 0.05) is 25.8 Å². The third-order valence-electron chi connectivity index (χ3n) is 7.60. The van der Waals surface area contributed by atoms with Crippen LogP contribution in [0.25, 0.3) is 0 Å². The van der Waals surface area contributed by atoms with E-state index in [0.717, 1.165) is 5.57 Å². The number of fused-ring (bicyclic) bond motifs is 2. The molecule has 8 nitrogen and oxygen atoms in total. The van der Waals surface area contributed by atoms with E-state index in [9.17, 15) is 14.4 Å². The van der Waals surface area contributed by atoms with E-state index in [1.54, 1.807) is 43.6 Å². The third-order valence-corrected chi connectivity index (χ3v) is 7.60. The maximum atomic E-state index is 14.9. The van der Waals surface area contributed by atoms with Gasteiger partial charge in [0.05, 0.1) is 32.0 Å². The van der Waals surface area contributed by atoms with Crippen LogP contribution >= 0.6 is 0 Å². The average molecular weight is 546 g/mol. The standard InChI is InChI=1S/C32H39N3O5/c1-8-10-12-16-23(3)20-35-21-31(29(37)39-6)26(24(4)17-13-11-9-2)34(5)27(25-18-14-15-19-33-25)32(22-35,28(31)36)30(38)40-7/h8-19,26-27H,3-4,20-22H2,1-2,5-7H3/b10-8-,11-9-,16-12-,17-13-. The van der Waals surface area contributed by atoms with Crippen molar-refractivity contribution in [3.8, 4) is 0 Å². The molecule has 2 saturated heterocycles. The minimum Gasteiger partial charge on any atom is -0.468 e. The fourth-order valence-corrected chi connectivity index (χ4v) is 6.18. The molecule has 3 heterocycles. The highest BCUT2D eigenvalue weighted by Crippen LogP contribution is 2.57. The van der Waals surface area contributed by atoms with Gasteiger partial charge in [0.25, 0.3) is 0 Å². The lowest BCUT2D eigenvalue weighted by atomic mass is 9.54.